The second kappa shape index (κ2) is 8.62. The molecule has 3 N–H and O–H groups in total. The predicted molar refractivity (Wildman–Crippen MR) is 108 cm³/mol. The second-order valence-corrected chi connectivity index (χ2v) is 10.5. The Bertz CT molecular complexity index is 1060. The van der Waals surface area contributed by atoms with E-state index in [1.54, 1.807) is 30.3 Å². The second-order valence-electron chi connectivity index (χ2n) is 6.80. The molecule has 1 atom stereocenters. The van der Waals surface area contributed by atoms with E-state index < -0.39 is 32.0 Å². The van der Waals surface area contributed by atoms with Gasteiger partial charge in [-0.25, -0.2) is 16.8 Å². The molecule has 0 radical (unpaired) electrons. The van der Waals surface area contributed by atoms with Gasteiger partial charge in [0.1, 0.15) is 6.04 Å². The highest BCUT2D eigenvalue weighted by atomic mass is 32.2. The molecule has 0 saturated carbocycles. The van der Waals surface area contributed by atoms with Crippen LogP contribution in [0.5, 0.6) is 0 Å². The van der Waals surface area contributed by atoms with Crippen LogP contribution in [-0.4, -0.2) is 40.1 Å². The average Bonchev–Trinajstić information content (AvgIpc) is 2.73. The molecule has 1 saturated heterocycles. The van der Waals surface area contributed by atoms with Gasteiger partial charge in [-0.15, -0.1) is 0 Å². The van der Waals surface area contributed by atoms with Crippen LogP contribution in [0.3, 0.4) is 0 Å². The number of hydrogen-bond donors (Lipinski definition) is 2. The van der Waals surface area contributed by atoms with Crippen LogP contribution in [0.15, 0.2) is 64.4 Å². The van der Waals surface area contributed by atoms with Crippen LogP contribution in [-0.2, 0) is 24.8 Å². The van der Waals surface area contributed by atoms with Gasteiger partial charge in [0.05, 0.1) is 9.79 Å². The van der Waals surface area contributed by atoms with Gasteiger partial charge in [-0.1, -0.05) is 36.8 Å². The van der Waals surface area contributed by atoms with Crippen molar-refractivity contribution < 1.29 is 21.6 Å². The zero-order valence-electron chi connectivity index (χ0n) is 15.7. The van der Waals surface area contributed by atoms with E-state index in [4.69, 9.17) is 5.73 Å². The van der Waals surface area contributed by atoms with Gasteiger partial charge >= 0.3 is 0 Å². The lowest BCUT2D eigenvalue weighted by atomic mass is 10.1. The Hall–Kier alpha value is -2.27. The number of nitrogens with two attached hydrogens (primary N) is 1. The summed E-state index contributed by atoms with van der Waals surface area (Å²) in [6.07, 6.45) is 2.62. The molecule has 1 aliphatic rings. The minimum Gasteiger partial charge on any atom is -0.368 e. The third-order valence-corrected chi connectivity index (χ3v) is 8.13. The van der Waals surface area contributed by atoms with Crippen molar-refractivity contribution in [1.29, 1.82) is 0 Å². The summed E-state index contributed by atoms with van der Waals surface area (Å²) in [6.45, 7) is 0.919. The Labute approximate surface area is 170 Å². The van der Waals surface area contributed by atoms with Gasteiger partial charge in [0, 0.05) is 13.1 Å². The first kappa shape index (κ1) is 21.4. The summed E-state index contributed by atoms with van der Waals surface area (Å²) < 4.78 is 54.5. The number of rotatable bonds is 7. The number of piperidine rings is 1. The largest absolute Gasteiger partial charge is 0.368 e. The number of amides is 1. The van der Waals surface area contributed by atoms with Gasteiger partial charge < -0.3 is 5.73 Å². The van der Waals surface area contributed by atoms with Crippen molar-refractivity contribution in [2.24, 2.45) is 5.73 Å². The van der Waals surface area contributed by atoms with E-state index in [0.717, 1.165) is 19.3 Å². The quantitative estimate of drug-likeness (QED) is 0.676. The van der Waals surface area contributed by atoms with Gasteiger partial charge in [-0.05, 0) is 42.7 Å². The fourth-order valence-electron chi connectivity index (χ4n) is 3.20. The first-order valence-electron chi connectivity index (χ1n) is 9.18. The van der Waals surface area contributed by atoms with Crippen LogP contribution in [0.4, 0.5) is 0 Å². The monoisotopic (exact) mass is 437 g/mol. The Morgan fingerprint density at radius 3 is 1.97 bits per heavy atom. The average molecular weight is 438 g/mol. The maximum Gasteiger partial charge on any atom is 0.243 e. The molecule has 1 aliphatic heterocycles. The number of primary amides is 1. The highest BCUT2D eigenvalue weighted by Crippen LogP contribution is 2.23. The lowest BCUT2D eigenvalue weighted by molar-refractivity contribution is -0.119. The molecule has 1 amide bonds. The fraction of sp³-hybridized carbons (Fsp3) is 0.316. The summed E-state index contributed by atoms with van der Waals surface area (Å²) in [4.78, 5) is 11.7. The molecule has 29 heavy (non-hydrogen) atoms. The Kier molecular flexibility index (Phi) is 6.37. The van der Waals surface area contributed by atoms with Crippen molar-refractivity contribution in [2.75, 3.05) is 13.1 Å². The van der Waals surface area contributed by atoms with Crippen LogP contribution >= 0.6 is 0 Å². The summed E-state index contributed by atoms with van der Waals surface area (Å²) in [5.74, 6) is -0.843. The number of carbonyl (C=O) groups excluding carboxylic acids is 1. The number of nitrogens with zero attached hydrogens (tertiary/aromatic N) is 1. The van der Waals surface area contributed by atoms with Crippen LogP contribution in [0.25, 0.3) is 0 Å². The van der Waals surface area contributed by atoms with Crippen LogP contribution in [0, 0.1) is 0 Å². The highest BCUT2D eigenvalue weighted by Gasteiger charge is 2.28. The summed E-state index contributed by atoms with van der Waals surface area (Å²) in [5.41, 5.74) is 5.78. The molecule has 0 bridgehead atoms. The number of nitrogens with one attached hydrogen (secondary N) is 1. The van der Waals surface area contributed by atoms with Crippen molar-refractivity contribution in [3.05, 3.63) is 60.2 Å². The molecular weight excluding hydrogens is 414 g/mol. The standard InChI is InChI=1S/C19H23N3O5S2/c20-19(23)18(15-7-3-1-4-8-15)21-28(24,25)16-9-11-17(12-10-16)29(26,27)22-13-5-2-6-14-22/h1,3-4,7-12,18,21H,2,5-6,13-14H2,(H2,20,23). The summed E-state index contributed by atoms with van der Waals surface area (Å²) in [5, 5.41) is 0. The Balaban J connectivity index is 1.83. The van der Waals surface area contributed by atoms with Crippen molar-refractivity contribution >= 4 is 26.0 Å². The van der Waals surface area contributed by atoms with Crippen molar-refractivity contribution in [2.45, 2.75) is 35.1 Å². The third-order valence-electron chi connectivity index (χ3n) is 4.78. The maximum absolute atomic E-state index is 12.7. The van der Waals surface area contributed by atoms with E-state index in [9.17, 15) is 21.6 Å². The van der Waals surface area contributed by atoms with E-state index in [1.165, 1.54) is 28.6 Å². The molecule has 1 fully saturated rings. The topological polar surface area (TPSA) is 127 Å². The number of benzene rings is 2. The SMILES string of the molecule is NC(=O)C(NS(=O)(=O)c1ccc(S(=O)(=O)N2CCCCC2)cc1)c1ccccc1. The van der Waals surface area contributed by atoms with Gasteiger partial charge in [0.25, 0.3) is 0 Å². The maximum atomic E-state index is 12.7. The van der Waals surface area contributed by atoms with Gasteiger partial charge in [-0.3, -0.25) is 4.79 Å². The van der Waals surface area contributed by atoms with Crippen molar-refractivity contribution in [3.63, 3.8) is 0 Å². The summed E-state index contributed by atoms with van der Waals surface area (Å²) in [7, 11) is -7.76. The smallest absolute Gasteiger partial charge is 0.243 e. The van der Waals surface area contributed by atoms with Gasteiger partial charge in [-0.2, -0.15) is 9.03 Å². The van der Waals surface area contributed by atoms with Crippen LogP contribution < -0.4 is 10.5 Å². The molecule has 3 rings (SSSR count). The van der Waals surface area contributed by atoms with Crippen LogP contribution in [0.1, 0.15) is 30.9 Å². The van der Waals surface area contributed by atoms with Crippen molar-refractivity contribution in [1.82, 2.24) is 9.03 Å². The molecule has 0 aromatic heterocycles. The fourth-order valence-corrected chi connectivity index (χ4v) is 5.91. The zero-order chi connectivity index (χ0) is 21.1. The normalized spacial score (nSPS) is 17.0. The van der Waals surface area contributed by atoms with E-state index in [1.807, 2.05) is 0 Å². The number of sulfonamides is 2. The predicted octanol–water partition coefficient (Wildman–Crippen LogP) is 1.37. The van der Waals surface area contributed by atoms with Crippen molar-refractivity contribution in [3.8, 4) is 0 Å². The minimum atomic E-state index is -4.10. The Morgan fingerprint density at radius 1 is 0.862 bits per heavy atom. The molecule has 0 spiro atoms. The molecule has 10 heteroatoms. The van der Waals surface area contributed by atoms with Crippen LogP contribution in [0.2, 0.25) is 0 Å². The molecule has 0 aliphatic carbocycles. The third kappa shape index (κ3) is 4.84. The molecule has 2 aromatic rings. The van der Waals surface area contributed by atoms with E-state index in [-0.39, 0.29) is 9.79 Å². The number of carbonyl (C=O) groups is 1. The summed E-state index contributed by atoms with van der Waals surface area (Å²) in [6, 6.07) is 12.0. The first-order valence-corrected chi connectivity index (χ1v) is 12.1. The van der Waals surface area contributed by atoms with E-state index >= 15 is 0 Å². The summed E-state index contributed by atoms with van der Waals surface area (Å²) >= 11 is 0. The minimum absolute atomic E-state index is 0.0351. The van der Waals surface area contributed by atoms with Gasteiger partial charge in [0.2, 0.25) is 26.0 Å². The number of hydrogen-bond acceptors (Lipinski definition) is 5. The highest BCUT2D eigenvalue weighted by molar-refractivity contribution is 7.89. The zero-order valence-corrected chi connectivity index (χ0v) is 17.3. The van der Waals surface area contributed by atoms with Gasteiger partial charge in [0.15, 0.2) is 0 Å². The first-order chi connectivity index (χ1) is 13.7. The lowest BCUT2D eigenvalue weighted by Crippen LogP contribution is -2.37. The molecule has 2 aromatic carbocycles. The molecule has 156 valence electrons. The molecule has 1 heterocycles. The van der Waals surface area contributed by atoms with E-state index in [0.29, 0.717) is 18.7 Å². The lowest BCUT2D eigenvalue weighted by Gasteiger charge is -2.25. The Morgan fingerprint density at radius 2 is 1.41 bits per heavy atom. The van der Waals surface area contributed by atoms with E-state index in [2.05, 4.69) is 4.72 Å². The molecule has 1 unspecified atom stereocenters. The molecule has 8 nitrogen and oxygen atoms in total. The molecular formula is C19H23N3O5S2.